The van der Waals surface area contributed by atoms with Crippen molar-refractivity contribution in [1.82, 2.24) is 0 Å². The summed E-state index contributed by atoms with van der Waals surface area (Å²) in [6.45, 7) is 8.36. The molecule has 1 atom stereocenters. The van der Waals surface area contributed by atoms with E-state index in [0.717, 1.165) is 28.5 Å². The molecule has 0 heterocycles. The van der Waals surface area contributed by atoms with Gasteiger partial charge < -0.3 is 9.84 Å². The highest BCUT2D eigenvalue weighted by atomic mass is 16.5. The number of carbonyl (C=O) groups is 1. The van der Waals surface area contributed by atoms with E-state index in [1.54, 1.807) is 14.0 Å². The van der Waals surface area contributed by atoms with Gasteiger partial charge in [0, 0.05) is 0 Å². The number of hydrogen-bond acceptors (Lipinski definition) is 2. The standard InChI is InChI=1S/C25H28O3/c1-16(24(26)27)21-12-8-18(22-13-11-20(28-5)15-23(21)22)14-17-6-9-19(10-7-17)25(2,3)4/h6-13,15-16H,14H2,1-5H3,(H,26,27). The summed E-state index contributed by atoms with van der Waals surface area (Å²) in [5, 5.41) is 11.5. The van der Waals surface area contributed by atoms with Gasteiger partial charge in [0.2, 0.25) is 0 Å². The zero-order valence-corrected chi connectivity index (χ0v) is 17.2. The molecule has 0 amide bonds. The first-order valence-electron chi connectivity index (χ1n) is 9.62. The van der Waals surface area contributed by atoms with Crippen LogP contribution in [0, 0.1) is 0 Å². The predicted octanol–water partition coefficient (Wildman–Crippen LogP) is 5.92. The maximum Gasteiger partial charge on any atom is 0.310 e. The fourth-order valence-corrected chi connectivity index (χ4v) is 3.55. The van der Waals surface area contributed by atoms with Gasteiger partial charge in [0.15, 0.2) is 0 Å². The number of aliphatic carboxylic acids is 1. The van der Waals surface area contributed by atoms with Crippen molar-refractivity contribution in [3.05, 3.63) is 76.9 Å². The number of rotatable bonds is 5. The molecule has 1 N–H and O–H groups in total. The van der Waals surface area contributed by atoms with E-state index in [1.807, 2.05) is 24.3 Å². The average molecular weight is 376 g/mol. The van der Waals surface area contributed by atoms with Crippen LogP contribution >= 0.6 is 0 Å². The van der Waals surface area contributed by atoms with Crippen molar-refractivity contribution in [2.75, 3.05) is 7.11 Å². The van der Waals surface area contributed by atoms with Crippen molar-refractivity contribution < 1.29 is 14.6 Å². The molecule has 146 valence electrons. The molecule has 1 unspecified atom stereocenters. The van der Waals surface area contributed by atoms with Gasteiger partial charge in [-0.2, -0.15) is 0 Å². The molecule has 3 heteroatoms. The fourth-order valence-electron chi connectivity index (χ4n) is 3.55. The third-order valence-corrected chi connectivity index (χ3v) is 5.40. The molecular weight excluding hydrogens is 348 g/mol. The van der Waals surface area contributed by atoms with Crippen LogP contribution in [-0.4, -0.2) is 18.2 Å². The SMILES string of the molecule is COc1ccc2c(Cc3ccc(C(C)(C)C)cc3)ccc(C(C)C(=O)O)c2c1. The summed E-state index contributed by atoms with van der Waals surface area (Å²) in [6, 6.07) is 18.7. The van der Waals surface area contributed by atoms with Gasteiger partial charge in [0.1, 0.15) is 5.75 Å². The van der Waals surface area contributed by atoms with E-state index in [1.165, 1.54) is 16.7 Å². The smallest absolute Gasteiger partial charge is 0.310 e. The molecule has 0 spiro atoms. The Hall–Kier alpha value is -2.81. The number of carboxylic acids is 1. The summed E-state index contributed by atoms with van der Waals surface area (Å²) in [6.07, 6.45) is 0.801. The largest absolute Gasteiger partial charge is 0.497 e. The molecule has 0 aliphatic rings. The molecule has 0 aliphatic carbocycles. The van der Waals surface area contributed by atoms with Crippen LogP contribution in [0.2, 0.25) is 0 Å². The first-order valence-corrected chi connectivity index (χ1v) is 9.62. The lowest BCUT2D eigenvalue weighted by atomic mass is 9.86. The molecule has 0 saturated heterocycles. The Morgan fingerprint density at radius 3 is 2.25 bits per heavy atom. The highest BCUT2D eigenvalue weighted by molar-refractivity contribution is 5.93. The molecular formula is C25H28O3. The Bertz CT molecular complexity index is 995. The minimum atomic E-state index is -0.824. The van der Waals surface area contributed by atoms with Crippen LogP contribution in [0.4, 0.5) is 0 Å². The molecule has 0 aliphatic heterocycles. The third-order valence-electron chi connectivity index (χ3n) is 5.40. The van der Waals surface area contributed by atoms with Crippen molar-refractivity contribution in [3.8, 4) is 5.75 Å². The molecule has 3 rings (SSSR count). The number of hydrogen-bond donors (Lipinski definition) is 1. The second-order valence-electron chi connectivity index (χ2n) is 8.41. The van der Waals surface area contributed by atoms with E-state index in [9.17, 15) is 9.90 Å². The Labute approximate surface area is 167 Å². The Morgan fingerprint density at radius 2 is 1.68 bits per heavy atom. The summed E-state index contributed by atoms with van der Waals surface area (Å²) in [4.78, 5) is 11.6. The van der Waals surface area contributed by atoms with Crippen molar-refractivity contribution >= 4 is 16.7 Å². The number of carboxylic acid groups (broad SMARTS) is 1. The lowest BCUT2D eigenvalue weighted by Crippen LogP contribution is -2.10. The van der Waals surface area contributed by atoms with Crippen LogP contribution < -0.4 is 4.74 Å². The molecule has 3 aromatic carbocycles. The maximum atomic E-state index is 11.6. The molecule has 0 radical (unpaired) electrons. The normalized spacial score (nSPS) is 12.8. The number of ether oxygens (including phenoxy) is 1. The fraction of sp³-hybridized carbons (Fsp3) is 0.320. The van der Waals surface area contributed by atoms with Crippen molar-refractivity contribution in [3.63, 3.8) is 0 Å². The van der Waals surface area contributed by atoms with Crippen molar-refractivity contribution in [1.29, 1.82) is 0 Å². The van der Waals surface area contributed by atoms with Crippen LogP contribution in [0.5, 0.6) is 5.75 Å². The summed E-state index contributed by atoms with van der Waals surface area (Å²) in [5.74, 6) is -0.664. The van der Waals surface area contributed by atoms with E-state index in [2.05, 4.69) is 51.1 Å². The summed E-state index contributed by atoms with van der Waals surface area (Å²) >= 11 is 0. The lowest BCUT2D eigenvalue weighted by Gasteiger charge is -2.19. The quantitative estimate of drug-likeness (QED) is 0.601. The number of fused-ring (bicyclic) bond motifs is 1. The predicted molar refractivity (Wildman–Crippen MR) is 114 cm³/mol. The van der Waals surface area contributed by atoms with Crippen molar-refractivity contribution in [2.45, 2.75) is 45.4 Å². The van der Waals surface area contributed by atoms with Crippen LogP contribution in [0.1, 0.15) is 55.9 Å². The maximum absolute atomic E-state index is 11.6. The zero-order chi connectivity index (χ0) is 20.5. The third kappa shape index (κ3) is 4.04. The van der Waals surface area contributed by atoms with Gasteiger partial charge in [-0.05, 0) is 63.9 Å². The molecule has 0 aromatic heterocycles. The molecule has 0 bridgehead atoms. The van der Waals surface area contributed by atoms with E-state index >= 15 is 0 Å². The summed E-state index contributed by atoms with van der Waals surface area (Å²) < 4.78 is 5.37. The second kappa shape index (κ2) is 7.67. The number of methoxy groups -OCH3 is 1. The van der Waals surface area contributed by atoms with Crippen LogP contribution in [-0.2, 0) is 16.6 Å². The average Bonchev–Trinajstić information content (AvgIpc) is 2.67. The van der Waals surface area contributed by atoms with Gasteiger partial charge in [-0.1, -0.05) is 63.2 Å². The molecule has 0 fully saturated rings. The molecule has 3 nitrogen and oxygen atoms in total. The summed E-state index contributed by atoms with van der Waals surface area (Å²) in [5.41, 5.74) is 4.69. The molecule has 0 saturated carbocycles. The van der Waals surface area contributed by atoms with Gasteiger partial charge in [0.05, 0.1) is 13.0 Å². The van der Waals surface area contributed by atoms with E-state index in [4.69, 9.17) is 4.74 Å². The van der Waals surface area contributed by atoms with Crippen LogP contribution in [0.15, 0.2) is 54.6 Å². The van der Waals surface area contributed by atoms with E-state index in [0.29, 0.717) is 0 Å². The monoisotopic (exact) mass is 376 g/mol. The van der Waals surface area contributed by atoms with E-state index < -0.39 is 11.9 Å². The lowest BCUT2D eigenvalue weighted by molar-refractivity contribution is -0.138. The highest BCUT2D eigenvalue weighted by Crippen LogP contribution is 2.33. The van der Waals surface area contributed by atoms with Gasteiger partial charge in [0.25, 0.3) is 0 Å². The minimum absolute atomic E-state index is 0.135. The van der Waals surface area contributed by atoms with E-state index in [-0.39, 0.29) is 5.41 Å². The zero-order valence-electron chi connectivity index (χ0n) is 17.2. The van der Waals surface area contributed by atoms with Crippen LogP contribution in [0.25, 0.3) is 10.8 Å². The first kappa shape index (κ1) is 19.9. The van der Waals surface area contributed by atoms with Gasteiger partial charge >= 0.3 is 5.97 Å². The van der Waals surface area contributed by atoms with Gasteiger partial charge in [-0.15, -0.1) is 0 Å². The number of benzene rings is 3. The Kier molecular flexibility index (Phi) is 5.46. The Morgan fingerprint density at radius 1 is 1.00 bits per heavy atom. The molecule has 3 aromatic rings. The molecule has 28 heavy (non-hydrogen) atoms. The highest BCUT2D eigenvalue weighted by Gasteiger charge is 2.18. The minimum Gasteiger partial charge on any atom is -0.497 e. The summed E-state index contributed by atoms with van der Waals surface area (Å²) in [7, 11) is 1.63. The topological polar surface area (TPSA) is 46.5 Å². The van der Waals surface area contributed by atoms with Crippen LogP contribution in [0.3, 0.4) is 0 Å². The van der Waals surface area contributed by atoms with Crippen molar-refractivity contribution in [2.24, 2.45) is 0 Å². The van der Waals surface area contributed by atoms with Gasteiger partial charge in [-0.25, -0.2) is 0 Å². The van der Waals surface area contributed by atoms with Gasteiger partial charge in [-0.3, -0.25) is 4.79 Å². The first-order chi connectivity index (χ1) is 13.2. The Balaban J connectivity index is 2.04. The second-order valence-corrected chi connectivity index (χ2v) is 8.41.